The first-order chi connectivity index (χ1) is 7.00. The number of nitrogens with zero attached hydrogens (tertiary/aromatic N) is 1. The fourth-order valence-corrected chi connectivity index (χ4v) is 1.07. The van der Waals surface area contributed by atoms with E-state index in [-0.39, 0.29) is 42.9 Å². The zero-order valence-corrected chi connectivity index (χ0v) is 10.5. The molecule has 0 unspecified atom stereocenters. The van der Waals surface area contributed by atoms with Gasteiger partial charge in [0.15, 0.2) is 23.4 Å². The SMILES string of the molecule is I.NC(N)=NCCc1cc(F)c(F)c(F)c1. The van der Waals surface area contributed by atoms with E-state index in [0.29, 0.717) is 5.56 Å². The lowest BCUT2D eigenvalue weighted by molar-refractivity contribution is 0.445. The van der Waals surface area contributed by atoms with Gasteiger partial charge in [-0.05, 0) is 24.1 Å². The summed E-state index contributed by atoms with van der Waals surface area (Å²) in [5, 5.41) is 0. The molecule has 0 aliphatic carbocycles. The highest BCUT2D eigenvalue weighted by Crippen LogP contribution is 2.13. The van der Waals surface area contributed by atoms with Gasteiger partial charge >= 0.3 is 0 Å². The largest absolute Gasteiger partial charge is 0.370 e. The highest BCUT2D eigenvalue weighted by Gasteiger charge is 2.09. The Hall–Kier alpha value is -0.990. The second-order valence-corrected chi connectivity index (χ2v) is 2.93. The van der Waals surface area contributed by atoms with Crippen molar-refractivity contribution in [1.82, 2.24) is 0 Å². The van der Waals surface area contributed by atoms with Crippen molar-refractivity contribution >= 4 is 29.9 Å². The van der Waals surface area contributed by atoms with Gasteiger partial charge in [-0.15, -0.1) is 24.0 Å². The van der Waals surface area contributed by atoms with Crippen LogP contribution in [0.4, 0.5) is 13.2 Å². The Morgan fingerprint density at radius 2 is 1.62 bits per heavy atom. The van der Waals surface area contributed by atoms with Crippen molar-refractivity contribution in [2.45, 2.75) is 6.42 Å². The summed E-state index contributed by atoms with van der Waals surface area (Å²) in [6, 6.07) is 1.83. The lowest BCUT2D eigenvalue weighted by atomic mass is 10.1. The van der Waals surface area contributed by atoms with Crippen LogP contribution in [0.1, 0.15) is 5.56 Å². The van der Waals surface area contributed by atoms with E-state index in [1.54, 1.807) is 0 Å². The van der Waals surface area contributed by atoms with Crippen LogP contribution in [0.3, 0.4) is 0 Å². The number of rotatable bonds is 3. The summed E-state index contributed by atoms with van der Waals surface area (Å²) in [4.78, 5) is 3.64. The van der Waals surface area contributed by atoms with Gasteiger partial charge in [0.25, 0.3) is 0 Å². The normalized spacial score (nSPS) is 9.44. The molecule has 0 saturated carbocycles. The molecular formula is C9H11F3IN3. The standard InChI is InChI=1S/C9H10F3N3.HI/c10-6-3-5(1-2-15-9(13)14)4-7(11)8(6)12;/h3-4H,1-2H2,(H4,13,14,15);1H. The van der Waals surface area contributed by atoms with E-state index in [9.17, 15) is 13.2 Å². The monoisotopic (exact) mass is 345 g/mol. The zero-order chi connectivity index (χ0) is 11.4. The number of hydrogen-bond donors (Lipinski definition) is 2. The van der Waals surface area contributed by atoms with Gasteiger partial charge in [-0.3, -0.25) is 4.99 Å². The van der Waals surface area contributed by atoms with Crippen LogP contribution in [0.15, 0.2) is 17.1 Å². The molecule has 7 heteroatoms. The average Bonchev–Trinajstić information content (AvgIpc) is 2.13. The molecule has 90 valence electrons. The Labute approximate surface area is 108 Å². The van der Waals surface area contributed by atoms with Crippen LogP contribution in [-0.2, 0) is 6.42 Å². The summed E-state index contributed by atoms with van der Waals surface area (Å²) in [6.07, 6.45) is 0.242. The van der Waals surface area contributed by atoms with Crippen LogP contribution >= 0.6 is 24.0 Å². The number of halogens is 4. The maximum absolute atomic E-state index is 12.7. The van der Waals surface area contributed by atoms with Crippen molar-refractivity contribution in [2.24, 2.45) is 16.5 Å². The Morgan fingerprint density at radius 1 is 1.12 bits per heavy atom. The van der Waals surface area contributed by atoms with E-state index >= 15 is 0 Å². The second-order valence-electron chi connectivity index (χ2n) is 2.93. The van der Waals surface area contributed by atoms with Gasteiger partial charge in [0.05, 0.1) is 0 Å². The third-order valence-corrected chi connectivity index (χ3v) is 1.74. The van der Waals surface area contributed by atoms with Crippen molar-refractivity contribution < 1.29 is 13.2 Å². The number of hydrogen-bond acceptors (Lipinski definition) is 1. The lowest BCUT2D eigenvalue weighted by Crippen LogP contribution is -2.23. The van der Waals surface area contributed by atoms with Crippen LogP contribution in [0.5, 0.6) is 0 Å². The van der Waals surface area contributed by atoms with Crippen molar-refractivity contribution in [2.75, 3.05) is 6.54 Å². The minimum absolute atomic E-state index is 0. The van der Waals surface area contributed by atoms with Crippen LogP contribution in [-0.4, -0.2) is 12.5 Å². The van der Waals surface area contributed by atoms with Crippen LogP contribution in [0.2, 0.25) is 0 Å². The first-order valence-corrected chi connectivity index (χ1v) is 4.19. The molecule has 0 bridgehead atoms. The van der Waals surface area contributed by atoms with Gasteiger partial charge in [0.2, 0.25) is 0 Å². The summed E-state index contributed by atoms with van der Waals surface area (Å²) in [7, 11) is 0. The molecule has 0 amide bonds. The molecular weight excluding hydrogens is 334 g/mol. The molecule has 1 aromatic carbocycles. The molecule has 1 aromatic rings. The Balaban J connectivity index is 0.00000225. The van der Waals surface area contributed by atoms with Crippen molar-refractivity contribution in [3.8, 4) is 0 Å². The minimum Gasteiger partial charge on any atom is -0.370 e. The molecule has 0 aliphatic heterocycles. The highest BCUT2D eigenvalue weighted by molar-refractivity contribution is 14.0. The third kappa shape index (κ3) is 4.25. The van der Waals surface area contributed by atoms with Gasteiger partial charge < -0.3 is 11.5 Å². The van der Waals surface area contributed by atoms with Gasteiger partial charge in [-0.2, -0.15) is 0 Å². The maximum atomic E-state index is 12.7. The number of guanidine groups is 1. The molecule has 0 aromatic heterocycles. The van der Waals surface area contributed by atoms with Crippen LogP contribution < -0.4 is 11.5 Å². The minimum atomic E-state index is -1.47. The predicted octanol–water partition coefficient (Wildman–Crippen LogP) is 1.54. The average molecular weight is 345 g/mol. The number of aliphatic imine (C=N–C) groups is 1. The van der Waals surface area contributed by atoms with Gasteiger partial charge in [-0.25, -0.2) is 13.2 Å². The van der Waals surface area contributed by atoms with E-state index in [0.717, 1.165) is 12.1 Å². The van der Waals surface area contributed by atoms with E-state index in [4.69, 9.17) is 11.5 Å². The fraction of sp³-hybridized carbons (Fsp3) is 0.222. The quantitative estimate of drug-likeness (QED) is 0.378. The van der Waals surface area contributed by atoms with Crippen molar-refractivity contribution in [3.05, 3.63) is 35.1 Å². The summed E-state index contributed by atoms with van der Waals surface area (Å²) in [5.41, 5.74) is 10.4. The molecule has 0 spiro atoms. The van der Waals surface area contributed by atoms with E-state index in [1.807, 2.05) is 0 Å². The molecule has 16 heavy (non-hydrogen) atoms. The maximum Gasteiger partial charge on any atom is 0.194 e. The van der Waals surface area contributed by atoms with Crippen LogP contribution in [0.25, 0.3) is 0 Å². The number of benzene rings is 1. The summed E-state index contributed by atoms with van der Waals surface area (Å²) >= 11 is 0. The summed E-state index contributed by atoms with van der Waals surface area (Å²) in [5.74, 6) is -4.00. The molecule has 1 rings (SSSR count). The molecule has 3 nitrogen and oxygen atoms in total. The first-order valence-electron chi connectivity index (χ1n) is 4.19. The van der Waals surface area contributed by atoms with Gasteiger partial charge in [0, 0.05) is 6.54 Å². The van der Waals surface area contributed by atoms with Crippen molar-refractivity contribution in [1.29, 1.82) is 0 Å². The predicted molar refractivity (Wildman–Crippen MR) is 66.1 cm³/mol. The molecule has 0 saturated heterocycles. The first kappa shape index (κ1) is 15.0. The molecule has 0 aliphatic rings. The zero-order valence-electron chi connectivity index (χ0n) is 8.21. The smallest absolute Gasteiger partial charge is 0.194 e. The van der Waals surface area contributed by atoms with E-state index in [1.165, 1.54) is 0 Å². The van der Waals surface area contributed by atoms with E-state index < -0.39 is 17.5 Å². The highest BCUT2D eigenvalue weighted by atomic mass is 127. The summed E-state index contributed by atoms with van der Waals surface area (Å²) < 4.78 is 38.0. The Morgan fingerprint density at radius 3 is 2.06 bits per heavy atom. The molecule has 0 heterocycles. The Kier molecular flexibility index (Phi) is 6.16. The summed E-state index contributed by atoms with van der Waals surface area (Å²) in [6.45, 7) is 0.201. The van der Waals surface area contributed by atoms with Crippen molar-refractivity contribution in [3.63, 3.8) is 0 Å². The fourth-order valence-electron chi connectivity index (χ4n) is 1.07. The topological polar surface area (TPSA) is 64.4 Å². The van der Waals surface area contributed by atoms with Gasteiger partial charge in [-0.1, -0.05) is 0 Å². The third-order valence-electron chi connectivity index (χ3n) is 1.74. The Bertz CT molecular complexity index is 369. The molecule has 0 fully saturated rings. The van der Waals surface area contributed by atoms with Gasteiger partial charge in [0.1, 0.15) is 0 Å². The molecule has 0 atom stereocenters. The number of nitrogens with two attached hydrogens (primary N) is 2. The van der Waals surface area contributed by atoms with Crippen LogP contribution in [0, 0.1) is 17.5 Å². The molecule has 4 N–H and O–H groups in total. The lowest BCUT2D eigenvalue weighted by Gasteiger charge is -2.01. The second kappa shape index (κ2) is 6.56. The molecule has 0 radical (unpaired) electrons. The van der Waals surface area contributed by atoms with E-state index in [2.05, 4.69) is 4.99 Å².